The summed E-state index contributed by atoms with van der Waals surface area (Å²) in [6, 6.07) is 3.33. The number of rotatable bonds is 4. The average Bonchev–Trinajstić information content (AvgIpc) is 3.04. The molecule has 0 aromatic carbocycles. The van der Waals surface area contributed by atoms with E-state index in [2.05, 4.69) is 10.4 Å². The van der Waals surface area contributed by atoms with Crippen molar-refractivity contribution in [3.8, 4) is 0 Å². The molecular formula is C13H15N3O3S. The zero-order valence-corrected chi connectivity index (χ0v) is 12.3. The van der Waals surface area contributed by atoms with Crippen LogP contribution in [0.25, 0.3) is 0 Å². The summed E-state index contributed by atoms with van der Waals surface area (Å²) in [7, 11) is 1.31. The predicted molar refractivity (Wildman–Crippen MR) is 76.2 cm³/mol. The maximum Gasteiger partial charge on any atom is 0.340 e. The number of aryl methyl sites for hydroxylation is 2. The van der Waals surface area contributed by atoms with E-state index in [1.54, 1.807) is 23.0 Å². The molecule has 106 valence electrons. The lowest BCUT2D eigenvalue weighted by molar-refractivity contribution is 0.0602. The zero-order valence-electron chi connectivity index (χ0n) is 11.5. The van der Waals surface area contributed by atoms with E-state index in [4.69, 9.17) is 4.74 Å². The molecule has 2 aromatic rings. The minimum absolute atomic E-state index is 0.295. The lowest BCUT2D eigenvalue weighted by Crippen LogP contribution is -2.18. The van der Waals surface area contributed by atoms with E-state index in [0.29, 0.717) is 22.8 Å². The molecule has 0 radical (unpaired) electrons. The van der Waals surface area contributed by atoms with Gasteiger partial charge in [0.2, 0.25) is 0 Å². The maximum atomic E-state index is 12.2. The average molecular weight is 293 g/mol. The van der Waals surface area contributed by atoms with Gasteiger partial charge < -0.3 is 10.1 Å². The van der Waals surface area contributed by atoms with Crippen LogP contribution in [0.15, 0.2) is 18.3 Å². The monoisotopic (exact) mass is 293 g/mol. The fourth-order valence-electron chi connectivity index (χ4n) is 1.81. The van der Waals surface area contributed by atoms with Crippen LogP contribution in [-0.4, -0.2) is 28.8 Å². The number of carbonyl (C=O) groups is 2. The third-order valence-corrected chi connectivity index (χ3v) is 3.70. The molecule has 2 rings (SSSR count). The minimum atomic E-state index is -0.464. The summed E-state index contributed by atoms with van der Waals surface area (Å²) in [5, 5.41) is 7.27. The van der Waals surface area contributed by atoms with Crippen molar-refractivity contribution in [2.75, 3.05) is 12.4 Å². The highest BCUT2D eigenvalue weighted by atomic mass is 32.1. The number of carbonyl (C=O) groups excluding carboxylic acids is 2. The second kappa shape index (κ2) is 5.87. The van der Waals surface area contributed by atoms with Crippen molar-refractivity contribution in [2.24, 2.45) is 0 Å². The number of ether oxygens (including phenoxy) is 1. The second-order valence-corrected chi connectivity index (χ2v) is 5.33. The van der Waals surface area contributed by atoms with Crippen LogP contribution >= 0.6 is 11.3 Å². The van der Waals surface area contributed by atoms with Crippen LogP contribution in [-0.2, 0) is 11.3 Å². The van der Waals surface area contributed by atoms with Gasteiger partial charge in [0.15, 0.2) is 0 Å². The molecule has 0 saturated carbocycles. The van der Waals surface area contributed by atoms with Gasteiger partial charge in [-0.1, -0.05) is 0 Å². The summed E-state index contributed by atoms with van der Waals surface area (Å²) in [6.45, 7) is 4.37. The van der Waals surface area contributed by atoms with Crippen molar-refractivity contribution in [3.05, 3.63) is 34.5 Å². The molecule has 0 aliphatic carbocycles. The van der Waals surface area contributed by atoms with Gasteiger partial charge in [0.1, 0.15) is 10.7 Å². The Hall–Kier alpha value is -2.15. The molecule has 0 atom stereocenters. The molecule has 0 bridgehead atoms. The van der Waals surface area contributed by atoms with Gasteiger partial charge in [-0.25, -0.2) is 4.79 Å². The molecule has 1 amide bonds. The van der Waals surface area contributed by atoms with Crippen LogP contribution in [0.4, 0.5) is 5.00 Å². The van der Waals surface area contributed by atoms with Gasteiger partial charge in [0.05, 0.1) is 12.7 Å². The summed E-state index contributed by atoms with van der Waals surface area (Å²) in [5.41, 5.74) is 0.820. The van der Waals surface area contributed by atoms with E-state index in [1.807, 2.05) is 13.8 Å². The molecular weight excluding hydrogens is 278 g/mol. The molecule has 2 aromatic heterocycles. The topological polar surface area (TPSA) is 73.2 Å². The number of amides is 1. The molecule has 0 spiro atoms. The van der Waals surface area contributed by atoms with Crippen molar-refractivity contribution >= 4 is 28.2 Å². The number of thiophene rings is 1. The minimum Gasteiger partial charge on any atom is -0.465 e. The maximum absolute atomic E-state index is 12.2. The van der Waals surface area contributed by atoms with Gasteiger partial charge in [-0.15, -0.1) is 11.3 Å². The normalized spacial score (nSPS) is 10.3. The number of aromatic nitrogens is 2. The van der Waals surface area contributed by atoms with Gasteiger partial charge in [-0.2, -0.15) is 5.10 Å². The van der Waals surface area contributed by atoms with Crippen molar-refractivity contribution in [3.63, 3.8) is 0 Å². The Morgan fingerprint density at radius 2 is 2.25 bits per heavy atom. The molecule has 0 fully saturated rings. The SMILES string of the molecule is CCn1nccc1C(=O)Nc1sc(C)cc1C(=O)OC. The van der Waals surface area contributed by atoms with Crippen LogP contribution < -0.4 is 5.32 Å². The molecule has 7 heteroatoms. The van der Waals surface area contributed by atoms with Crippen LogP contribution in [0.2, 0.25) is 0 Å². The van der Waals surface area contributed by atoms with Crippen molar-refractivity contribution in [2.45, 2.75) is 20.4 Å². The van der Waals surface area contributed by atoms with Crippen LogP contribution in [0.5, 0.6) is 0 Å². The highest BCUT2D eigenvalue weighted by Gasteiger charge is 2.19. The molecule has 2 heterocycles. The van der Waals surface area contributed by atoms with Gasteiger partial charge in [-0.05, 0) is 26.0 Å². The first-order valence-corrected chi connectivity index (χ1v) is 6.90. The summed E-state index contributed by atoms with van der Waals surface area (Å²) < 4.78 is 6.30. The summed E-state index contributed by atoms with van der Waals surface area (Å²) in [5.74, 6) is -0.759. The first-order valence-electron chi connectivity index (χ1n) is 6.08. The number of hydrogen-bond donors (Lipinski definition) is 1. The molecule has 0 saturated heterocycles. The highest BCUT2D eigenvalue weighted by Crippen LogP contribution is 2.28. The largest absolute Gasteiger partial charge is 0.465 e. The third kappa shape index (κ3) is 2.72. The number of anilines is 1. The van der Waals surface area contributed by atoms with Crippen LogP contribution in [0.3, 0.4) is 0 Å². The van der Waals surface area contributed by atoms with E-state index in [0.717, 1.165) is 4.88 Å². The predicted octanol–water partition coefficient (Wildman–Crippen LogP) is 2.31. The molecule has 0 aliphatic heterocycles. The van der Waals surface area contributed by atoms with Crippen molar-refractivity contribution in [1.29, 1.82) is 0 Å². The number of nitrogens with zero attached hydrogens (tertiary/aromatic N) is 2. The Labute approximate surface area is 120 Å². The van der Waals surface area contributed by atoms with Crippen molar-refractivity contribution in [1.82, 2.24) is 9.78 Å². The Balaban J connectivity index is 2.26. The molecule has 20 heavy (non-hydrogen) atoms. The summed E-state index contributed by atoms with van der Waals surface area (Å²) in [6.07, 6.45) is 1.57. The lowest BCUT2D eigenvalue weighted by atomic mass is 10.3. The standard InChI is InChI=1S/C13H15N3O3S/c1-4-16-10(5-6-14-16)11(17)15-12-9(13(18)19-3)7-8(2)20-12/h5-7H,4H2,1-3H3,(H,15,17). The second-order valence-electron chi connectivity index (χ2n) is 4.08. The number of methoxy groups -OCH3 is 1. The van der Waals surface area contributed by atoms with Gasteiger partial charge in [0.25, 0.3) is 5.91 Å². The fraction of sp³-hybridized carbons (Fsp3) is 0.308. The number of nitrogens with one attached hydrogen (secondary N) is 1. The summed E-state index contributed by atoms with van der Waals surface area (Å²) in [4.78, 5) is 24.8. The van der Waals surface area contributed by atoms with E-state index >= 15 is 0 Å². The highest BCUT2D eigenvalue weighted by molar-refractivity contribution is 7.16. The molecule has 0 aliphatic rings. The van der Waals surface area contributed by atoms with Gasteiger partial charge in [-0.3, -0.25) is 9.48 Å². The van der Waals surface area contributed by atoms with E-state index < -0.39 is 5.97 Å². The van der Waals surface area contributed by atoms with E-state index in [9.17, 15) is 9.59 Å². The van der Waals surface area contributed by atoms with Crippen LogP contribution in [0, 0.1) is 6.92 Å². The smallest absolute Gasteiger partial charge is 0.340 e. The van der Waals surface area contributed by atoms with E-state index in [-0.39, 0.29) is 5.91 Å². The number of hydrogen-bond acceptors (Lipinski definition) is 5. The molecule has 1 N–H and O–H groups in total. The van der Waals surface area contributed by atoms with Crippen LogP contribution in [0.1, 0.15) is 32.6 Å². The Bertz CT molecular complexity index is 645. The Morgan fingerprint density at radius 1 is 1.50 bits per heavy atom. The zero-order chi connectivity index (χ0) is 14.7. The first-order chi connectivity index (χ1) is 9.56. The number of esters is 1. The fourth-order valence-corrected chi connectivity index (χ4v) is 2.71. The van der Waals surface area contributed by atoms with Gasteiger partial charge >= 0.3 is 5.97 Å². The van der Waals surface area contributed by atoms with Crippen molar-refractivity contribution < 1.29 is 14.3 Å². The summed E-state index contributed by atoms with van der Waals surface area (Å²) >= 11 is 1.33. The van der Waals surface area contributed by atoms with Gasteiger partial charge in [0, 0.05) is 17.6 Å². The molecule has 0 unspecified atom stereocenters. The first kappa shape index (κ1) is 14.3. The molecule has 6 nitrogen and oxygen atoms in total. The lowest BCUT2D eigenvalue weighted by Gasteiger charge is -2.06. The van der Waals surface area contributed by atoms with E-state index in [1.165, 1.54) is 18.4 Å². The quantitative estimate of drug-likeness (QED) is 0.878. The Morgan fingerprint density at radius 3 is 2.90 bits per heavy atom. The third-order valence-electron chi connectivity index (χ3n) is 2.74. The Kier molecular flexibility index (Phi) is 4.19.